The largest absolute Gasteiger partial charge is 0.476 e. The normalized spacial score (nSPS) is 22.1. The fourth-order valence-corrected chi connectivity index (χ4v) is 5.94. The molecular weight excluding hydrogens is 694 g/mol. The number of hydrogen-bond acceptors (Lipinski definition) is 8. The quantitative estimate of drug-likeness (QED) is 0.289. The van der Waals surface area contributed by atoms with E-state index in [1.165, 1.54) is 24.5 Å². The fourth-order valence-electron chi connectivity index (χ4n) is 5.94. The molecule has 0 unspecified atom stereocenters. The summed E-state index contributed by atoms with van der Waals surface area (Å²) in [5.74, 6) is -0.863. The summed E-state index contributed by atoms with van der Waals surface area (Å²) in [5, 5.41) is 6.04. The third kappa shape index (κ3) is 12.2. The Morgan fingerprint density at radius 3 is 1.37 bits per heavy atom. The summed E-state index contributed by atoms with van der Waals surface area (Å²) in [6.45, 7) is 14.0. The van der Waals surface area contributed by atoms with E-state index < -0.39 is 46.1 Å². The predicted molar refractivity (Wildman–Crippen MR) is 183 cm³/mol. The topological polar surface area (TPSA) is 109 Å². The summed E-state index contributed by atoms with van der Waals surface area (Å²) < 4.78 is 88.6. The number of amides is 2. The van der Waals surface area contributed by atoms with Gasteiger partial charge in [0.25, 0.3) is 0 Å². The molecule has 0 aromatic carbocycles. The molecular formula is C36H52F6N6O4. The molecule has 16 heteroatoms. The molecule has 2 aliphatic rings. The van der Waals surface area contributed by atoms with Crippen LogP contribution in [0.4, 0.5) is 26.3 Å². The van der Waals surface area contributed by atoms with E-state index in [9.17, 15) is 35.9 Å². The van der Waals surface area contributed by atoms with E-state index >= 15 is 0 Å². The number of aromatic nitrogens is 2. The third-order valence-corrected chi connectivity index (χ3v) is 9.37. The maximum atomic E-state index is 13.0. The molecule has 2 aromatic rings. The summed E-state index contributed by atoms with van der Waals surface area (Å²) in [4.78, 5) is 37.0. The summed E-state index contributed by atoms with van der Waals surface area (Å²) in [6.07, 6.45) is -4.95. The minimum atomic E-state index is -4.56. The highest BCUT2D eigenvalue weighted by molar-refractivity contribution is 5.82. The Labute approximate surface area is 302 Å². The second-order valence-electron chi connectivity index (χ2n) is 15.3. The van der Waals surface area contributed by atoms with E-state index in [0.29, 0.717) is 11.8 Å². The Morgan fingerprint density at radius 1 is 0.712 bits per heavy atom. The molecule has 4 rings (SSSR count). The molecule has 0 saturated carbocycles. The van der Waals surface area contributed by atoms with Crippen molar-refractivity contribution in [2.75, 3.05) is 53.5 Å². The Hall–Kier alpha value is -3.66. The maximum Gasteiger partial charge on any atom is 0.421 e. The average Bonchev–Trinajstić information content (AvgIpc) is 3.05. The monoisotopic (exact) mass is 746 g/mol. The molecule has 2 saturated heterocycles. The highest BCUT2D eigenvalue weighted by Gasteiger charge is 2.39. The molecule has 0 spiro atoms. The molecule has 4 atom stereocenters. The second-order valence-corrected chi connectivity index (χ2v) is 15.3. The van der Waals surface area contributed by atoms with Gasteiger partial charge in [0.05, 0.1) is 10.8 Å². The van der Waals surface area contributed by atoms with Crippen LogP contribution in [-0.2, 0) is 21.9 Å². The number of ether oxygens (including phenoxy) is 2. The molecule has 2 aliphatic heterocycles. The van der Waals surface area contributed by atoms with Gasteiger partial charge in [0.1, 0.15) is 24.3 Å². The van der Waals surface area contributed by atoms with Crippen LogP contribution in [0.3, 0.4) is 0 Å². The fraction of sp³-hybridized carbons (Fsp3) is 0.667. The van der Waals surface area contributed by atoms with Crippen molar-refractivity contribution in [3.05, 3.63) is 47.8 Å². The Morgan fingerprint density at radius 2 is 1.06 bits per heavy atom. The first-order valence-corrected chi connectivity index (χ1v) is 17.3. The smallest absolute Gasteiger partial charge is 0.421 e. The lowest BCUT2D eigenvalue weighted by Crippen LogP contribution is -2.52. The average molecular weight is 747 g/mol. The summed E-state index contributed by atoms with van der Waals surface area (Å²) >= 11 is 0. The molecule has 2 aromatic heterocycles. The number of pyridine rings is 2. The number of halogens is 6. The standard InChI is InChI=1S/2C18H26F3N3O2/c2*1-12-10-24(4)9-7-14(12)23-16(25)17(2,3)11-26-15-13(18(19,20)21)6-5-8-22-15/h2*5-6,8,12,14H,7,9-11H2,1-4H3,(H,23,25)/t2*12-,14-/m10/s1. The van der Waals surface area contributed by atoms with Crippen molar-refractivity contribution in [3.8, 4) is 11.8 Å². The van der Waals surface area contributed by atoms with Crippen LogP contribution < -0.4 is 20.1 Å². The predicted octanol–water partition coefficient (Wildman–Crippen LogP) is 5.92. The first-order chi connectivity index (χ1) is 24.0. The van der Waals surface area contributed by atoms with Gasteiger partial charge in [0, 0.05) is 37.6 Å². The van der Waals surface area contributed by atoms with Crippen LogP contribution in [0.15, 0.2) is 36.7 Å². The van der Waals surface area contributed by atoms with Crippen molar-refractivity contribution in [1.82, 2.24) is 30.4 Å². The first-order valence-electron chi connectivity index (χ1n) is 17.3. The van der Waals surface area contributed by atoms with Crippen molar-refractivity contribution in [3.63, 3.8) is 0 Å². The number of likely N-dealkylation sites (tertiary alicyclic amines) is 2. The number of nitrogens with zero attached hydrogens (tertiary/aromatic N) is 4. The van der Waals surface area contributed by atoms with Crippen molar-refractivity contribution in [2.24, 2.45) is 22.7 Å². The van der Waals surface area contributed by atoms with E-state index in [2.05, 4.69) is 44.2 Å². The highest BCUT2D eigenvalue weighted by atomic mass is 19.4. The van der Waals surface area contributed by atoms with E-state index in [-0.39, 0.29) is 37.1 Å². The number of rotatable bonds is 10. The van der Waals surface area contributed by atoms with Gasteiger partial charge in [-0.15, -0.1) is 0 Å². The summed E-state index contributed by atoms with van der Waals surface area (Å²) in [7, 11) is 4.08. The van der Waals surface area contributed by atoms with Crippen LogP contribution in [0.25, 0.3) is 0 Å². The van der Waals surface area contributed by atoms with Gasteiger partial charge in [-0.1, -0.05) is 13.8 Å². The Kier molecular flexibility index (Phi) is 14.3. The molecule has 2 amide bonds. The van der Waals surface area contributed by atoms with Gasteiger partial charge in [-0.05, 0) is 104 Å². The lowest BCUT2D eigenvalue weighted by atomic mass is 9.89. The number of nitrogens with one attached hydrogen (secondary N) is 2. The summed E-state index contributed by atoms with van der Waals surface area (Å²) in [5.41, 5.74) is -3.85. The van der Waals surface area contributed by atoms with Crippen LogP contribution in [-0.4, -0.2) is 97.2 Å². The molecule has 0 aliphatic carbocycles. The zero-order valence-corrected chi connectivity index (χ0v) is 31.1. The van der Waals surface area contributed by atoms with E-state index in [1.54, 1.807) is 27.7 Å². The second kappa shape index (κ2) is 17.4. The van der Waals surface area contributed by atoms with E-state index in [1.807, 2.05) is 14.1 Å². The number of carbonyl (C=O) groups is 2. The van der Waals surface area contributed by atoms with Crippen LogP contribution in [0.5, 0.6) is 11.8 Å². The minimum absolute atomic E-state index is 0.0542. The lowest BCUT2D eigenvalue weighted by Gasteiger charge is -2.37. The van der Waals surface area contributed by atoms with Crippen LogP contribution in [0, 0.1) is 22.7 Å². The van der Waals surface area contributed by atoms with Crippen molar-refractivity contribution in [2.45, 2.75) is 78.8 Å². The Bertz CT molecular complexity index is 1380. The molecule has 10 nitrogen and oxygen atoms in total. The van der Waals surface area contributed by atoms with E-state index in [4.69, 9.17) is 9.47 Å². The van der Waals surface area contributed by atoms with Gasteiger partial charge in [-0.25, -0.2) is 9.97 Å². The zero-order valence-electron chi connectivity index (χ0n) is 31.1. The van der Waals surface area contributed by atoms with Gasteiger partial charge in [-0.3, -0.25) is 9.59 Å². The zero-order chi connectivity index (χ0) is 39.1. The van der Waals surface area contributed by atoms with Crippen LogP contribution >= 0.6 is 0 Å². The van der Waals surface area contributed by atoms with Crippen molar-refractivity contribution >= 4 is 11.8 Å². The number of carbonyl (C=O) groups excluding carboxylic acids is 2. The van der Waals surface area contributed by atoms with Crippen molar-refractivity contribution in [1.29, 1.82) is 0 Å². The number of piperidine rings is 2. The van der Waals surface area contributed by atoms with Gasteiger partial charge in [0.2, 0.25) is 23.6 Å². The van der Waals surface area contributed by atoms with Gasteiger partial charge in [0.15, 0.2) is 0 Å². The van der Waals surface area contributed by atoms with Gasteiger partial charge in [-0.2, -0.15) is 26.3 Å². The number of hydrogen-bond donors (Lipinski definition) is 2. The van der Waals surface area contributed by atoms with Gasteiger partial charge >= 0.3 is 12.4 Å². The molecule has 292 valence electrons. The van der Waals surface area contributed by atoms with Gasteiger partial charge < -0.3 is 29.9 Å². The molecule has 0 radical (unpaired) electrons. The highest BCUT2D eigenvalue weighted by Crippen LogP contribution is 2.36. The van der Waals surface area contributed by atoms with E-state index in [0.717, 1.165) is 51.2 Å². The SMILES string of the molecule is C[C@@H]1CN(C)CC[C@H]1NC(=O)C(C)(C)COc1ncccc1C(F)(F)F.C[C@H]1CN(C)CC[C@@H]1NC(=O)C(C)(C)COc1ncccc1C(F)(F)F. The molecule has 52 heavy (non-hydrogen) atoms. The first kappa shape index (κ1) is 42.8. The Balaban J connectivity index is 0.000000280. The molecule has 4 heterocycles. The third-order valence-electron chi connectivity index (χ3n) is 9.37. The molecule has 2 N–H and O–H groups in total. The lowest BCUT2D eigenvalue weighted by molar-refractivity contribution is -0.141. The van der Waals surface area contributed by atoms with Crippen molar-refractivity contribution < 1.29 is 45.4 Å². The number of alkyl halides is 6. The molecule has 0 bridgehead atoms. The van der Waals surface area contributed by atoms with Crippen LogP contribution in [0.1, 0.15) is 65.5 Å². The molecule has 2 fully saturated rings. The minimum Gasteiger partial charge on any atom is -0.476 e. The summed E-state index contributed by atoms with van der Waals surface area (Å²) in [6, 6.07) is 4.34. The maximum absolute atomic E-state index is 13.0. The van der Waals surface area contributed by atoms with Crippen LogP contribution in [0.2, 0.25) is 0 Å².